The lowest BCUT2D eigenvalue weighted by Gasteiger charge is -2.29. The zero-order valence-corrected chi connectivity index (χ0v) is 12.9. The van der Waals surface area contributed by atoms with Crippen LogP contribution in [0.5, 0.6) is 0 Å². The van der Waals surface area contributed by atoms with E-state index in [0.717, 1.165) is 19.4 Å². The van der Waals surface area contributed by atoms with Crippen LogP contribution in [0, 0.1) is 0 Å². The van der Waals surface area contributed by atoms with Crippen LogP contribution < -0.4 is 5.32 Å². The topological polar surface area (TPSA) is 58.6 Å². The summed E-state index contributed by atoms with van der Waals surface area (Å²) in [6.07, 6.45) is 3.44. The third-order valence-electron chi connectivity index (χ3n) is 3.06. The van der Waals surface area contributed by atoms with Gasteiger partial charge in [0.15, 0.2) is 0 Å². The molecule has 1 unspecified atom stereocenters. The van der Waals surface area contributed by atoms with Gasteiger partial charge in [-0.2, -0.15) is 0 Å². The second-order valence-corrected chi connectivity index (χ2v) is 5.07. The van der Waals surface area contributed by atoms with Gasteiger partial charge in [-0.1, -0.05) is 19.8 Å². The molecule has 0 aromatic heterocycles. The van der Waals surface area contributed by atoms with Crippen molar-refractivity contribution in [2.24, 2.45) is 0 Å². The minimum absolute atomic E-state index is 0.215. The molecule has 0 bridgehead atoms. The van der Waals surface area contributed by atoms with Crippen LogP contribution in [-0.4, -0.2) is 49.1 Å². The van der Waals surface area contributed by atoms with Crippen LogP contribution >= 0.6 is 0 Å². The average Bonchev–Trinajstić information content (AvgIpc) is 2.34. The van der Waals surface area contributed by atoms with E-state index in [1.54, 1.807) is 0 Å². The highest BCUT2D eigenvalue weighted by atomic mass is 16.5. The lowest BCUT2D eigenvalue weighted by molar-refractivity contribution is -0.145. The number of unbranched alkanes of at least 4 members (excludes halogenated alkanes) is 2. The van der Waals surface area contributed by atoms with Gasteiger partial charge in [-0.15, -0.1) is 0 Å². The van der Waals surface area contributed by atoms with Crippen LogP contribution in [0.1, 0.15) is 47.0 Å². The Labute approximate surface area is 116 Å². The fraction of sp³-hybridized carbons (Fsp3) is 0.857. The van der Waals surface area contributed by atoms with Crippen molar-refractivity contribution in [2.45, 2.75) is 59.0 Å². The van der Waals surface area contributed by atoms with Gasteiger partial charge in [0, 0.05) is 19.5 Å². The molecule has 0 fully saturated rings. The molecule has 0 saturated heterocycles. The van der Waals surface area contributed by atoms with E-state index in [2.05, 4.69) is 31.0 Å². The maximum atomic E-state index is 11.7. The lowest BCUT2D eigenvalue weighted by Crippen LogP contribution is -2.50. The molecule has 0 aliphatic heterocycles. The lowest BCUT2D eigenvalue weighted by atomic mass is 10.2. The van der Waals surface area contributed by atoms with Crippen LogP contribution in [0.4, 0.5) is 0 Å². The van der Waals surface area contributed by atoms with Crippen LogP contribution in [0.25, 0.3) is 0 Å². The van der Waals surface area contributed by atoms with E-state index in [1.165, 1.54) is 20.5 Å². The van der Waals surface area contributed by atoms with Crippen molar-refractivity contribution in [3.8, 4) is 0 Å². The fourth-order valence-electron chi connectivity index (χ4n) is 1.93. The Morgan fingerprint density at radius 3 is 2.32 bits per heavy atom. The third-order valence-corrected chi connectivity index (χ3v) is 3.06. The predicted octanol–water partition coefficient (Wildman–Crippen LogP) is 1.56. The summed E-state index contributed by atoms with van der Waals surface area (Å²) in [5.41, 5.74) is 0. The number of methoxy groups -OCH3 is 1. The first kappa shape index (κ1) is 17.9. The highest BCUT2D eigenvalue weighted by Crippen LogP contribution is 2.05. The van der Waals surface area contributed by atoms with E-state index in [0.29, 0.717) is 12.6 Å². The second-order valence-electron chi connectivity index (χ2n) is 5.07. The molecule has 0 heterocycles. The van der Waals surface area contributed by atoms with Gasteiger partial charge < -0.3 is 10.1 Å². The third kappa shape index (κ3) is 7.82. The number of esters is 1. The summed E-state index contributed by atoms with van der Waals surface area (Å²) >= 11 is 0. The van der Waals surface area contributed by atoms with Crippen LogP contribution in [0.3, 0.4) is 0 Å². The summed E-state index contributed by atoms with van der Waals surface area (Å²) in [6, 6.07) is -0.260. The maximum absolute atomic E-state index is 11.7. The van der Waals surface area contributed by atoms with Gasteiger partial charge in [0.25, 0.3) is 0 Å². The number of hydrogen-bond acceptors (Lipinski definition) is 4. The zero-order valence-electron chi connectivity index (χ0n) is 12.9. The first-order chi connectivity index (χ1) is 8.92. The molecular weight excluding hydrogens is 244 g/mol. The second kappa shape index (κ2) is 9.78. The largest absolute Gasteiger partial charge is 0.467 e. The molecule has 1 N–H and O–H groups in total. The molecule has 19 heavy (non-hydrogen) atoms. The van der Waals surface area contributed by atoms with Gasteiger partial charge in [0.1, 0.15) is 6.04 Å². The molecule has 0 saturated carbocycles. The molecule has 0 aromatic carbocycles. The molecule has 1 atom stereocenters. The first-order valence-electron chi connectivity index (χ1n) is 7.01. The molecule has 0 aliphatic carbocycles. The summed E-state index contributed by atoms with van der Waals surface area (Å²) in [4.78, 5) is 25.0. The summed E-state index contributed by atoms with van der Waals surface area (Å²) in [5, 5.41) is 2.65. The van der Waals surface area contributed by atoms with Crippen molar-refractivity contribution in [1.82, 2.24) is 10.2 Å². The van der Waals surface area contributed by atoms with Gasteiger partial charge in [-0.25, -0.2) is 4.79 Å². The summed E-state index contributed by atoms with van der Waals surface area (Å²) < 4.78 is 4.74. The molecule has 1 amide bonds. The Hall–Kier alpha value is -1.10. The SMILES string of the molecule is CCCCCN(CC(NC(C)=O)C(=O)OC)C(C)C. The number of carbonyl (C=O) groups is 2. The smallest absolute Gasteiger partial charge is 0.329 e. The molecule has 5 heteroatoms. The Morgan fingerprint density at radius 2 is 1.89 bits per heavy atom. The molecule has 0 aliphatic rings. The number of rotatable bonds is 9. The normalized spacial score (nSPS) is 12.6. The van der Waals surface area contributed by atoms with Crippen LogP contribution in [0.15, 0.2) is 0 Å². The van der Waals surface area contributed by atoms with Gasteiger partial charge >= 0.3 is 5.97 Å². The molecule has 0 aromatic rings. The van der Waals surface area contributed by atoms with E-state index >= 15 is 0 Å². The first-order valence-corrected chi connectivity index (χ1v) is 7.01. The molecular formula is C14H28N2O3. The van der Waals surface area contributed by atoms with Gasteiger partial charge in [0.2, 0.25) is 5.91 Å². The van der Waals surface area contributed by atoms with Gasteiger partial charge in [-0.3, -0.25) is 9.69 Å². The molecule has 0 rings (SSSR count). The van der Waals surface area contributed by atoms with Crippen LogP contribution in [0.2, 0.25) is 0 Å². The number of ether oxygens (including phenoxy) is 1. The Morgan fingerprint density at radius 1 is 1.26 bits per heavy atom. The minimum atomic E-state index is -0.591. The van der Waals surface area contributed by atoms with Crippen molar-refractivity contribution in [3.63, 3.8) is 0 Å². The predicted molar refractivity (Wildman–Crippen MR) is 75.9 cm³/mol. The molecule has 0 spiro atoms. The Balaban J connectivity index is 4.54. The minimum Gasteiger partial charge on any atom is -0.467 e. The average molecular weight is 272 g/mol. The number of nitrogens with one attached hydrogen (secondary N) is 1. The van der Waals surface area contributed by atoms with Gasteiger partial charge in [0.05, 0.1) is 7.11 Å². The summed E-state index contributed by atoms with van der Waals surface area (Å²) in [7, 11) is 1.34. The van der Waals surface area contributed by atoms with Crippen molar-refractivity contribution in [1.29, 1.82) is 0 Å². The Bertz CT molecular complexity index is 280. The number of carbonyl (C=O) groups excluding carboxylic acids is 2. The zero-order chi connectivity index (χ0) is 14.8. The molecule has 112 valence electrons. The van der Waals surface area contributed by atoms with E-state index in [9.17, 15) is 9.59 Å². The maximum Gasteiger partial charge on any atom is 0.329 e. The van der Waals surface area contributed by atoms with E-state index in [1.807, 2.05) is 0 Å². The van der Waals surface area contributed by atoms with Crippen LogP contribution in [-0.2, 0) is 14.3 Å². The van der Waals surface area contributed by atoms with Crippen molar-refractivity contribution < 1.29 is 14.3 Å². The fourth-order valence-corrected chi connectivity index (χ4v) is 1.93. The number of nitrogens with zero attached hydrogens (tertiary/aromatic N) is 1. The number of hydrogen-bond donors (Lipinski definition) is 1. The monoisotopic (exact) mass is 272 g/mol. The summed E-state index contributed by atoms with van der Waals surface area (Å²) in [5.74, 6) is -0.607. The number of amides is 1. The standard InChI is InChI=1S/C14H28N2O3/c1-6-7-8-9-16(11(2)3)10-13(14(18)19-5)15-12(4)17/h11,13H,6-10H2,1-5H3,(H,15,17). The van der Waals surface area contributed by atoms with Gasteiger partial charge in [-0.05, 0) is 26.8 Å². The molecule has 0 radical (unpaired) electrons. The highest BCUT2D eigenvalue weighted by Gasteiger charge is 2.24. The molecule has 5 nitrogen and oxygen atoms in total. The Kier molecular flexibility index (Phi) is 9.21. The van der Waals surface area contributed by atoms with E-state index in [4.69, 9.17) is 4.74 Å². The summed E-state index contributed by atoms with van der Waals surface area (Å²) in [6.45, 7) is 9.18. The quantitative estimate of drug-likeness (QED) is 0.511. The van der Waals surface area contributed by atoms with E-state index < -0.39 is 12.0 Å². The van der Waals surface area contributed by atoms with Crippen molar-refractivity contribution >= 4 is 11.9 Å². The van der Waals surface area contributed by atoms with E-state index in [-0.39, 0.29) is 5.91 Å². The highest BCUT2D eigenvalue weighted by molar-refractivity contribution is 5.83. The van der Waals surface area contributed by atoms with Crippen molar-refractivity contribution in [3.05, 3.63) is 0 Å². The van der Waals surface area contributed by atoms with Crippen molar-refractivity contribution in [2.75, 3.05) is 20.2 Å².